The van der Waals surface area contributed by atoms with Gasteiger partial charge in [0.05, 0.1) is 5.03 Å². The van der Waals surface area contributed by atoms with E-state index in [-0.39, 0.29) is 11.5 Å². The minimum absolute atomic E-state index is 0.255. The molecule has 0 aliphatic carbocycles. The summed E-state index contributed by atoms with van der Waals surface area (Å²) < 4.78 is 29.8. The molecule has 0 saturated carbocycles. The highest BCUT2D eigenvalue weighted by molar-refractivity contribution is 8.07. The van der Waals surface area contributed by atoms with Crippen molar-refractivity contribution in [1.29, 1.82) is 0 Å². The number of phenols is 1. The van der Waals surface area contributed by atoms with Crippen LogP contribution in [0, 0.1) is 0 Å². The summed E-state index contributed by atoms with van der Waals surface area (Å²) in [5.41, 5.74) is 0.638. The van der Waals surface area contributed by atoms with Crippen molar-refractivity contribution < 1.29 is 18.6 Å². The van der Waals surface area contributed by atoms with E-state index in [4.69, 9.17) is 0 Å². The van der Waals surface area contributed by atoms with E-state index >= 15 is 0 Å². The van der Waals surface area contributed by atoms with Crippen LogP contribution >= 0.6 is 11.8 Å². The number of hydrogen-bond acceptors (Lipinski definition) is 4. The van der Waals surface area contributed by atoms with Gasteiger partial charge in [-0.15, -0.1) is 0 Å². The van der Waals surface area contributed by atoms with Crippen LogP contribution < -0.4 is 9.64 Å². The highest BCUT2D eigenvalue weighted by atomic mass is 32.2. The van der Waals surface area contributed by atoms with Gasteiger partial charge in [-0.3, -0.25) is 0 Å². The van der Waals surface area contributed by atoms with Gasteiger partial charge in [0.25, 0.3) is 0 Å². The van der Waals surface area contributed by atoms with Crippen LogP contribution in [0.5, 0.6) is 11.5 Å². The number of aromatic hydroxyl groups is 1. The summed E-state index contributed by atoms with van der Waals surface area (Å²) in [6, 6.07) is 4.26. The Morgan fingerprint density at radius 2 is 2.11 bits per heavy atom. The number of halogens is 2. The molecular weight excluding hydrogens is 272 g/mol. The Balaban J connectivity index is 2.27. The van der Waals surface area contributed by atoms with E-state index in [0.29, 0.717) is 12.6 Å². The molecule has 19 heavy (non-hydrogen) atoms. The van der Waals surface area contributed by atoms with Crippen LogP contribution in [-0.4, -0.2) is 11.2 Å². The van der Waals surface area contributed by atoms with Crippen molar-refractivity contribution in [3.05, 3.63) is 40.9 Å². The third kappa shape index (κ3) is 3.20. The third-order valence-corrected chi connectivity index (χ3v) is 3.23. The summed E-state index contributed by atoms with van der Waals surface area (Å²) in [7, 11) is 0. The molecule has 6 heteroatoms. The summed E-state index contributed by atoms with van der Waals surface area (Å²) in [5.74, 6) is -0.593. The highest BCUT2D eigenvalue weighted by Crippen LogP contribution is 2.41. The summed E-state index contributed by atoms with van der Waals surface area (Å²) in [6.45, 7) is 6.43. The second kappa shape index (κ2) is 4.77. The standard InChI is InChI=1S/C13H13F2NO2S/c1-8-7-16(9(2)19-8)10-4-5-12(11(17)6-10)18-13(3,14)15/h4-7,17H,2H2,1,3H3. The van der Waals surface area contributed by atoms with Crippen LogP contribution in [0.15, 0.2) is 40.9 Å². The van der Waals surface area contributed by atoms with E-state index in [1.165, 1.54) is 23.9 Å². The Kier molecular flexibility index (Phi) is 3.45. The van der Waals surface area contributed by atoms with Crippen LogP contribution in [-0.2, 0) is 0 Å². The van der Waals surface area contributed by atoms with Gasteiger partial charge in [-0.05, 0) is 19.1 Å². The molecule has 1 aliphatic rings. The number of ether oxygens (including phenoxy) is 1. The Labute approximate surface area is 114 Å². The van der Waals surface area contributed by atoms with Crippen molar-refractivity contribution in [3.63, 3.8) is 0 Å². The van der Waals surface area contributed by atoms with Crippen molar-refractivity contribution >= 4 is 17.4 Å². The normalized spacial score (nSPS) is 15.7. The number of nitrogens with zero attached hydrogens (tertiary/aromatic N) is 1. The summed E-state index contributed by atoms with van der Waals surface area (Å²) in [4.78, 5) is 2.83. The molecule has 1 aromatic rings. The summed E-state index contributed by atoms with van der Waals surface area (Å²) in [5, 5.41) is 10.5. The average Bonchev–Trinajstić information content (AvgIpc) is 2.59. The Hall–Kier alpha value is -1.69. The van der Waals surface area contributed by atoms with Crippen molar-refractivity contribution in [2.45, 2.75) is 20.0 Å². The smallest absolute Gasteiger partial charge is 0.395 e. The fourth-order valence-corrected chi connectivity index (χ4v) is 2.45. The number of thioether (sulfide) groups is 1. The lowest BCUT2D eigenvalue weighted by molar-refractivity contribution is -0.159. The average molecular weight is 285 g/mol. The fraction of sp³-hybridized carbons (Fsp3) is 0.231. The van der Waals surface area contributed by atoms with E-state index in [9.17, 15) is 13.9 Å². The molecule has 0 bridgehead atoms. The maximum absolute atomic E-state index is 12.7. The SMILES string of the molecule is C=C1SC(C)=CN1c1ccc(OC(C)(F)F)c(O)c1. The van der Waals surface area contributed by atoms with Gasteiger partial charge in [-0.25, -0.2) is 0 Å². The molecule has 1 heterocycles. The summed E-state index contributed by atoms with van der Waals surface area (Å²) in [6.07, 6.45) is -1.47. The lowest BCUT2D eigenvalue weighted by Crippen LogP contribution is -2.19. The molecular formula is C13H13F2NO2S. The van der Waals surface area contributed by atoms with E-state index in [0.717, 1.165) is 9.93 Å². The molecule has 102 valence electrons. The van der Waals surface area contributed by atoms with Crippen molar-refractivity contribution in [3.8, 4) is 11.5 Å². The topological polar surface area (TPSA) is 32.7 Å². The van der Waals surface area contributed by atoms with Crippen LogP contribution in [0.1, 0.15) is 13.8 Å². The minimum Gasteiger partial charge on any atom is -0.504 e. The third-order valence-electron chi connectivity index (χ3n) is 2.37. The van der Waals surface area contributed by atoms with E-state index in [1.807, 2.05) is 13.1 Å². The molecule has 2 rings (SSSR count). The predicted molar refractivity (Wildman–Crippen MR) is 72.3 cm³/mol. The second-order valence-corrected chi connectivity index (χ2v) is 5.49. The number of benzene rings is 1. The Bertz CT molecular complexity index is 552. The lowest BCUT2D eigenvalue weighted by Gasteiger charge is -2.19. The first-order valence-electron chi connectivity index (χ1n) is 5.50. The summed E-state index contributed by atoms with van der Waals surface area (Å²) >= 11 is 1.50. The Morgan fingerprint density at radius 3 is 2.58 bits per heavy atom. The van der Waals surface area contributed by atoms with Gasteiger partial charge in [0.15, 0.2) is 11.5 Å². The van der Waals surface area contributed by atoms with Crippen molar-refractivity contribution in [2.75, 3.05) is 4.90 Å². The molecule has 0 atom stereocenters. The fourth-order valence-electron chi connectivity index (χ4n) is 1.67. The molecule has 1 aromatic carbocycles. The number of allylic oxidation sites excluding steroid dienone is 1. The first-order valence-corrected chi connectivity index (χ1v) is 6.32. The van der Waals surface area contributed by atoms with Gasteiger partial charge in [0, 0.05) is 29.8 Å². The zero-order chi connectivity index (χ0) is 14.2. The maximum Gasteiger partial charge on any atom is 0.395 e. The second-order valence-electron chi connectivity index (χ2n) is 4.17. The number of anilines is 1. The number of alkyl halides is 2. The van der Waals surface area contributed by atoms with E-state index in [1.54, 1.807) is 11.0 Å². The largest absolute Gasteiger partial charge is 0.504 e. The zero-order valence-electron chi connectivity index (χ0n) is 10.5. The predicted octanol–water partition coefficient (Wildman–Crippen LogP) is 4.27. The highest BCUT2D eigenvalue weighted by Gasteiger charge is 2.25. The molecule has 1 aliphatic heterocycles. The van der Waals surface area contributed by atoms with Crippen molar-refractivity contribution in [2.24, 2.45) is 0 Å². The van der Waals surface area contributed by atoms with Crippen molar-refractivity contribution in [1.82, 2.24) is 0 Å². The van der Waals surface area contributed by atoms with Crippen LogP contribution in [0.4, 0.5) is 14.5 Å². The van der Waals surface area contributed by atoms with Gasteiger partial charge in [0.2, 0.25) is 0 Å². The monoisotopic (exact) mass is 285 g/mol. The van der Waals surface area contributed by atoms with Gasteiger partial charge in [0.1, 0.15) is 0 Å². The molecule has 0 spiro atoms. The maximum atomic E-state index is 12.7. The van der Waals surface area contributed by atoms with Crippen LogP contribution in [0.25, 0.3) is 0 Å². The van der Waals surface area contributed by atoms with Gasteiger partial charge in [-0.1, -0.05) is 18.3 Å². The lowest BCUT2D eigenvalue weighted by atomic mass is 10.2. The number of phenolic OH excluding ortho intramolecular Hbond substituents is 1. The first kappa shape index (κ1) is 13.7. The molecule has 0 amide bonds. The molecule has 0 fully saturated rings. The van der Waals surface area contributed by atoms with Crippen LogP contribution in [0.3, 0.4) is 0 Å². The molecule has 0 saturated heterocycles. The van der Waals surface area contributed by atoms with Crippen LogP contribution in [0.2, 0.25) is 0 Å². The first-order chi connectivity index (χ1) is 8.76. The van der Waals surface area contributed by atoms with Gasteiger partial charge >= 0.3 is 6.11 Å². The van der Waals surface area contributed by atoms with E-state index < -0.39 is 6.11 Å². The number of hydrogen-bond donors (Lipinski definition) is 1. The molecule has 1 N–H and O–H groups in total. The molecule has 0 aromatic heterocycles. The number of rotatable bonds is 3. The molecule has 0 radical (unpaired) electrons. The van der Waals surface area contributed by atoms with Gasteiger partial charge in [-0.2, -0.15) is 8.78 Å². The van der Waals surface area contributed by atoms with E-state index in [2.05, 4.69) is 11.3 Å². The quantitative estimate of drug-likeness (QED) is 0.899. The molecule has 3 nitrogen and oxygen atoms in total. The van der Waals surface area contributed by atoms with Gasteiger partial charge < -0.3 is 14.7 Å². The molecule has 0 unspecified atom stereocenters. The Morgan fingerprint density at radius 1 is 1.42 bits per heavy atom. The minimum atomic E-state index is -3.33. The zero-order valence-corrected chi connectivity index (χ0v) is 11.3.